The van der Waals surface area contributed by atoms with E-state index in [1.54, 1.807) is 11.8 Å². The first kappa shape index (κ1) is 18.5. The van der Waals surface area contributed by atoms with E-state index in [0.717, 1.165) is 37.3 Å². The number of rotatable bonds is 7. The zero-order chi connectivity index (χ0) is 17.4. The summed E-state index contributed by atoms with van der Waals surface area (Å²) in [6, 6.07) is 0. The number of amides is 3. The molecule has 1 aromatic rings. The van der Waals surface area contributed by atoms with Crippen molar-refractivity contribution in [3.05, 3.63) is 0 Å². The van der Waals surface area contributed by atoms with Crippen LogP contribution in [0.15, 0.2) is 4.34 Å². The topological polar surface area (TPSA) is 114 Å². The maximum atomic E-state index is 11.8. The van der Waals surface area contributed by atoms with Crippen molar-refractivity contribution in [3.63, 3.8) is 0 Å². The summed E-state index contributed by atoms with van der Waals surface area (Å²) >= 11 is 2.34. The molecule has 0 saturated carbocycles. The second kappa shape index (κ2) is 9.42. The normalized spacial score (nSPS) is 13.6. The van der Waals surface area contributed by atoms with Gasteiger partial charge in [0.1, 0.15) is 0 Å². The quantitative estimate of drug-likeness (QED) is 0.540. The zero-order valence-electron chi connectivity index (χ0n) is 13.2. The van der Waals surface area contributed by atoms with E-state index in [4.69, 9.17) is 4.74 Å². The molecule has 132 valence electrons. The Morgan fingerprint density at radius 2 is 2.04 bits per heavy atom. The van der Waals surface area contributed by atoms with Gasteiger partial charge in [0.25, 0.3) is 0 Å². The number of nitrogens with one attached hydrogen (secondary N) is 2. The average molecular weight is 373 g/mol. The molecule has 24 heavy (non-hydrogen) atoms. The molecule has 1 aromatic heterocycles. The van der Waals surface area contributed by atoms with E-state index < -0.39 is 6.09 Å². The number of carbonyl (C=O) groups excluding carboxylic acids is 3. The Bertz CT molecular complexity index is 589. The van der Waals surface area contributed by atoms with Crippen LogP contribution in [0.25, 0.3) is 0 Å². The van der Waals surface area contributed by atoms with Crippen LogP contribution in [0, 0.1) is 0 Å². The van der Waals surface area contributed by atoms with E-state index in [9.17, 15) is 14.4 Å². The molecule has 1 aliphatic rings. The predicted octanol–water partition coefficient (Wildman–Crippen LogP) is 0.937. The maximum absolute atomic E-state index is 11.8. The lowest BCUT2D eigenvalue weighted by atomic mass is 10.4. The first-order valence-corrected chi connectivity index (χ1v) is 9.33. The number of hydrogen-bond donors (Lipinski definition) is 2. The molecule has 3 amide bonds. The van der Waals surface area contributed by atoms with E-state index in [0.29, 0.717) is 9.47 Å². The molecule has 2 heterocycles. The summed E-state index contributed by atoms with van der Waals surface area (Å²) in [6.45, 7) is 3.52. The van der Waals surface area contributed by atoms with Crippen molar-refractivity contribution in [2.24, 2.45) is 0 Å². The van der Waals surface area contributed by atoms with E-state index in [2.05, 4.69) is 20.8 Å². The fraction of sp³-hybridized carbons (Fsp3) is 0.615. The van der Waals surface area contributed by atoms with Crippen molar-refractivity contribution in [3.8, 4) is 0 Å². The Morgan fingerprint density at radius 1 is 1.29 bits per heavy atom. The van der Waals surface area contributed by atoms with Crippen LogP contribution in [0.3, 0.4) is 0 Å². The third-order valence-corrected chi connectivity index (χ3v) is 5.09. The van der Waals surface area contributed by atoms with Crippen LogP contribution < -0.4 is 10.6 Å². The van der Waals surface area contributed by atoms with Gasteiger partial charge in [0.05, 0.1) is 18.9 Å². The standard InChI is InChI=1S/C13H19N5O4S2/c1-2-22-12(21)15-11-16-17-13(24-11)23-8-9(19)14-7-10(20)18-5-3-4-6-18/h2-8H2,1H3,(H,14,19)(H,15,16,21). The van der Waals surface area contributed by atoms with Crippen molar-refractivity contribution >= 4 is 46.1 Å². The molecule has 1 fully saturated rings. The Morgan fingerprint density at radius 3 is 2.75 bits per heavy atom. The third kappa shape index (κ3) is 5.96. The fourth-order valence-corrected chi connectivity index (χ4v) is 3.57. The minimum absolute atomic E-state index is 0.0190. The Kier molecular flexibility index (Phi) is 7.25. The lowest BCUT2D eigenvalue weighted by molar-refractivity contribution is -0.131. The highest BCUT2D eigenvalue weighted by molar-refractivity contribution is 8.01. The molecule has 1 saturated heterocycles. The Hall–Kier alpha value is -1.88. The van der Waals surface area contributed by atoms with Crippen LogP contribution in [0.4, 0.5) is 9.93 Å². The number of aromatic nitrogens is 2. The van der Waals surface area contributed by atoms with E-state index in [1.165, 1.54) is 11.8 Å². The first-order chi connectivity index (χ1) is 11.6. The highest BCUT2D eigenvalue weighted by Gasteiger charge is 2.18. The third-order valence-electron chi connectivity index (χ3n) is 3.11. The van der Waals surface area contributed by atoms with Crippen LogP contribution >= 0.6 is 23.1 Å². The number of anilines is 1. The summed E-state index contributed by atoms with van der Waals surface area (Å²) in [5.74, 6) is -0.174. The van der Waals surface area contributed by atoms with E-state index in [-0.39, 0.29) is 30.7 Å². The van der Waals surface area contributed by atoms with Gasteiger partial charge in [-0.2, -0.15) is 0 Å². The molecule has 9 nitrogen and oxygen atoms in total. The van der Waals surface area contributed by atoms with Gasteiger partial charge in [0, 0.05) is 13.1 Å². The minimum Gasteiger partial charge on any atom is -0.450 e. The minimum atomic E-state index is -0.594. The van der Waals surface area contributed by atoms with Gasteiger partial charge in [-0.3, -0.25) is 14.9 Å². The summed E-state index contributed by atoms with van der Waals surface area (Å²) in [6.07, 6.45) is 1.45. The number of nitrogens with zero attached hydrogens (tertiary/aromatic N) is 3. The van der Waals surface area contributed by atoms with Crippen LogP contribution in [0.2, 0.25) is 0 Å². The van der Waals surface area contributed by atoms with Crippen molar-refractivity contribution in [1.29, 1.82) is 0 Å². The number of likely N-dealkylation sites (tertiary alicyclic amines) is 1. The van der Waals surface area contributed by atoms with Crippen LogP contribution in [0.1, 0.15) is 19.8 Å². The summed E-state index contributed by atoms with van der Waals surface area (Å²) in [7, 11) is 0. The molecular formula is C13H19N5O4S2. The second-order valence-electron chi connectivity index (χ2n) is 4.87. The van der Waals surface area contributed by atoms with Crippen LogP contribution in [0.5, 0.6) is 0 Å². The second-order valence-corrected chi connectivity index (χ2v) is 7.07. The van der Waals surface area contributed by atoms with Gasteiger partial charge in [-0.25, -0.2) is 4.79 Å². The molecule has 1 aliphatic heterocycles. The van der Waals surface area contributed by atoms with E-state index in [1.807, 2.05) is 0 Å². The number of carbonyl (C=O) groups is 3. The van der Waals surface area contributed by atoms with Gasteiger partial charge in [0.15, 0.2) is 4.34 Å². The largest absolute Gasteiger partial charge is 0.450 e. The monoisotopic (exact) mass is 373 g/mol. The van der Waals surface area contributed by atoms with Crippen molar-refractivity contribution in [2.75, 3.05) is 37.3 Å². The first-order valence-electron chi connectivity index (χ1n) is 7.53. The predicted molar refractivity (Wildman–Crippen MR) is 90.1 cm³/mol. The molecule has 0 aromatic carbocycles. The lowest BCUT2D eigenvalue weighted by Gasteiger charge is -2.15. The summed E-state index contributed by atoms with van der Waals surface area (Å²) in [5.41, 5.74) is 0. The van der Waals surface area contributed by atoms with Crippen LogP contribution in [-0.2, 0) is 14.3 Å². The van der Waals surface area contributed by atoms with Crippen molar-refractivity contribution in [2.45, 2.75) is 24.1 Å². The summed E-state index contributed by atoms with van der Waals surface area (Å²) in [5, 5.41) is 13.0. The number of thioether (sulfide) groups is 1. The van der Waals surface area contributed by atoms with Gasteiger partial charge in [-0.15, -0.1) is 10.2 Å². The Balaban J connectivity index is 1.67. The van der Waals surface area contributed by atoms with Gasteiger partial charge < -0.3 is 15.0 Å². The number of hydrogen-bond acceptors (Lipinski definition) is 8. The van der Waals surface area contributed by atoms with E-state index >= 15 is 0 Å². The molecule has 11 heteroatoms. The van der Waals surface area contributed by atoms with Crippen LogP contribution in [-0.4, -0.2) is 65.0 Å². The van der Waals surface area contributed by atoms with Gasteiger partial charge in [0.2, 0.25) is 16.9 Å². The highest BCUT2D eigenvalue weighted by Crippen LogP contribution is 2.25. The molecule has 0 aliphatic carbocycles. The summed E-state index contributed by atoms with van der Waals surface area (Å²) < 4.78 is 5.28. The molecule has 2 rings (SSSR count). The highest BCUT2D eigenvalue weighted by atomic mass is 32.2. The SMILES string of the molecule is CCOC(=O)Nc1nnc(SCC(=O)NCC(=O)N2CCCC2)s1. The van der Waals surface area contributed by atoms with Gasteiger partial charge in [-0.1, -0.05) is 23.1 Å². The average Bonchev–Trinajstić information content (AvgIpc) is 3.22. The fourth-order valence-electron chi connectivity index (χ4n) is 2.00. The molecule has 0 unspecified atom stereocenters. The van der Waals surface area contributed by atoms with Gasteiger partial charge >= 0.3 is 6.09 Å². The Labute approximate surface area is 147 Å². The van der Waals surface area contributed by atoms with Crippen molar-refractivity contribution < 1.29 is 19.1 Å². The molecule has 0 bridgehead atoms. The summed E-state index contributed by atoms with van der Waals surface area (Å²) in [4.78, 5) is 36.6. The molecule has 2 N–H and O–H groups in total. The smallest absolute Gasteiger partial charge is 0.413 e. The van der Waals surface area contributed by atoms with Crippen molar-refractivity contribution in [1.82, 2.24) is 20.4 Å². The van der Waals surface area contributed by atoms with Gasteiger partial charge in [-0.05, 0) is 19.8 Å². The maximum Gasteiger partial charge on any atom is 0.413 e. The zero-order valence-corrected chi connectivity index (χ0v) is 14.9. The molecule has 0 atom stereocenters. The number of ether oxygens (including phenoxy) is 1. The molecule has 0 spiro atoms. The molecular weight excluding hydrogens is 354 g/mol. The lowest BCUT2D eigenvalue weighted by Crippen LogP contribution is -2.39. The molecule has 0 radical (unpaired) electrons.